The first-order valence-electron chi connectivity index (χ1n) is 6.64. The molecule has 3 aromatic rings. The summed E-state index contributed by atoms with van der Waals surface area (Å²) in [5, 5.41) is 4.66. The SMILES string of the molecule is Cc1ccccc1-c1nn(-c2ccccc2C)cc1N. The molecule has 20 heavy (non-hydrogen) atoms. The Bertz CT molecular complexity index is 756. The van der Waals surface area contributed by atoms with Gasteiger partial charge < -0.3 is 5.73 Å². The Labute approximate surface area is 118 Å². The number of nitrogens with two attached hydrogens (primary N) is 1. The second-order valence-corrected chi connectivity index (χ2v) is 4.98. The van der Waals surface area contributed by atoms with Gasteiger partial charge in [0, 0.05) is 5.56 Å². The first-order chi connectivity index (χ1) is 9.66. The minimum absolute atomic E-state index is 0.697. The van der Waals surface area contributed by atoms with Crippen LogP contribution in [0.3, 0.4) is 0 Å². The summed E-state index contributed by atoms with van der Waals surface area (Å²) in [5.74, 6) is 0. The third-order valence-electron chi connectivity index (χ3n) is 3.51. The van der Waals surface area contributed by atoms with E-state index in [1.165, 1.54) is 11.1 Å². The third-order valence-corrected chi connectivity index (χ3v) is 3.51. The zero-order valence-electron chi connectivity index (χ0n) is 11.7. The lowest BCUT2D eigenvalue weighted by Gasteiger charge is -2.05. The predicted octanol–water partition coefficient (Wildman–Crippen LogP) is 3.74. The van der Waals surface area contributed by atoms with Crippen molar-refractivity contribution in [3.63, 3.8) is 0 Å². The van der Waals surface area contributed by atoms with Gasteiger partial charge in [-0.2, -0.15) is 5.10 Å². The minimum atomic E-state index is 0.697. The zero-order valence-corrected chi connectivity index (χ0v) is 11.7. The summed E-state index contributed by atoms with van der Waals surface area (Å²) in [6, 6.07) is 16.3. The van der Waals surface area contributed by atoms with E-state index in [1.807, 2.05) is 41.2 Å². The van der Waals surface area contributed by atoms with E-state index in [9.17, 15) is 0 Å². The van der Waals surface area contributed by atoms with Gasteiger partial charge in [0.1, 0.15) is 5.69 Å². The summed E-state index contributed by atoms with van der Waals surface area (Å²) in [6.45, 7) is 4.14. The molecule has 0 aliphatic rings. The smallest absolute Gasteiger partial charge is 0.116 e. The van der Waals surface area contributed by atoms with Gasteiger partial charge in [0.05, 0.1) is 17.6 Å². The fraction of sp³-hybridized carbons (Fsp3) is 0.118. The standard InChI is InChI=1S/C17H17N3/c1-12-7-3-5-9-14(12)17-15(18)11-20(19-17)16-10-6-4-8-13(16)2/h3-11H,18H2,1-2H3. The number of benzene rings is 2. The molecule has 3 nitrogen and oxygen atoms in total. The fourth-order valence-corrected chi connectivity index (χ4v) is 2.38. The van der Waals surface area contributed by atoms with E-state index < -0.39 is 0 Å². The van der Waals surface area contributed by atoms with Crippen molar-refractivity contribution in [2.45, 2.75) is 13.8 Å². The number of aromatic nitrogens is 2. The molecular weight excluding hydrogens is 246 g/mol. The topological polar surface area (TPSA) is 43.8 Å². The Morgan fingerprint density at radius 3 is 2.25 bits per heavy atom. The summed E-state index contributed by atoms with van der Waals surface area (Å²) >= 11 is 0. The zero-order chi connectivity index (χ0) is 14.1. The summed E-state index contributed by atoms with van der Waals surface area (Å²) < 4.78 is 1.85. The van der Waals surface area contributed by atoms with E-state index in [1.54, 1.807) is 0 Å². The molecule has 0 radical (unpaired) electrons. The van der Waals surface area contributed by atoms with Gasteiger partial charge in [-0.25, -0.2) is 4.68 Å². The molecule has 0 bridgehead atoms. The van der Waals surface area contributed by atoms with E-state index in [4.69, 9.17) is 5.73 Å². The fourth-order valence-electron chi connectivity index (χ4n) is 2.38. The van der Waals surface area contributed by atoms with Crippen molar-refractivity contribution in [3.8, 4) is 16.9 Å². The molecule has 2 aromatic carbocycles. The highest BCUT2D eigenvalue weighted by molar-refractivity contribution is 5.74. The average molecular weight is 263 g/mol. The van der Waals surface area contributed by atoms with Crippen LogP contribution in [0.25, 0.3) is 16.9 Å². The summed E-state index contributed by atoms with van der Waals surface area (Å²) in [5.41, 5.74) is 12.2. The van der Waals surface area contributed by atoms with E-state index in [-0.39, 0.29) is 0 Å². The monoisotopic (exact) mass is 263 g/mol. The second-order valence-electron chi connectivity index (χ2n) is 4.98. The number of hydrogen-bond donors (Lipinski definition) is 1. The molecule has 0 spiro atoms. The van der Waals surface area contributed by atoms with Crippen molar-refractivity contribution in [3.05, 3.63) is 65.9 Å². The third kappa shape index (κ3) is 2.07. The predicted molar refractivity (Wildman–Crippen MR) is 82.9 cm³/mol. The first-order valence-corrected chi connectivity index (χ1v) is 6.64. The second kappa shape index (κ2) is 4.85. The summed E-state index contributed by atoms with van der Waals surface area (Å²) in [6.07, 6.45) is 1.88. The van der Waals surface area contributed by atoms with E-state index in [0.29, 0.717) is 5.69 Å². The van der Waals surface area contributed by atoms with Gasteiger partial charge in [-0.15, -0.1) is 0 Å². The molecule has 3 heteroatoms. The maximum Gasteiger partial charge on any atom is 0.116 e. The molecule has 0 aliphatic carbocycles. The van der Waals surface area contributed by atoms with Crippen LogP contribution < -0.4 is 5.73 Å². The number of nitrogens with zero attached hydrogens (tertiary/aromatic N) is 2. The van der Waals surface area contributed by atoms with Crippen LogP contribution in [0.2, 0.25) is 0 Å². The number of para-hydroxylation sites is 1. The van der Waals surface area contributed by atoms with Crippen LogP contribution in [0.1, 0.15) is 11.1 Å². The Morgan fingerprint density at radius 2 is 1.55 bits per heavy atom. The largest absolute Gasteiger partial charge is 0.396 e. The quantitative estimate of drug-likeness (QED) is 0.765. The molecule has 1 heterocycles. The molecule has 0 unspecified atom stereocenters. The van der Waals surface area contributed by atoms with Gasteiger partial charge in [-0.1, -0.05) is 42.5 Å². The van der Waals surface area contributed by atoms with Gasteiger partial charge in [-0.05, 0) is 31.0 Å². The highest BCUT2D eigenvalue weighted by Gasteiger charge is 2.12. The molecule has 3 rings (SSSR count). The molecule has 0 aliphatic heterocycles. The van der Waals surface area contributed by atoms with Gasteiger partial charge in [0.15, 0.2) is 0 Å². The Morgan fingerprint density at radius 1 is 0.900 bits per heavy atom. The molecule has 1 aromatic heterocycles. The average Bonchev–Trinajstić information content (AvgIpc) is 2.81. The molecule has 0 saturated heterocycles. The molecule has 0 amide bonds. The van der Waals surface area contributed by atoms with Gasteiger partial charge in [0.25, 0.3) is 0 Å². The number of aryl methyl sites for hydroxylation is 2. The first kappa shape index (κ1) is 12.5. The van der Waals surface area contributed by atoms with Gasteiger partial charge in [-0.3, -0.25) is 0 Å². The van der Waals surface area contributed by atoms with Gasteiger partial charge in [0.2, 0.25) is 0 Å². The van der Waals surface area contributed by atoms with E-state index >= 15 is 0 Å². The van der Waals surface area contributed by atoms with E-state index in [2.05, 4.69) is 37.1 Å². The lowest BCUT2D eigenvalue weighted by Crippen LogP contribution is -1.97. The van der Waals surface area contributed by atoms with Crippen LogP contribution in [-0.4, -0.2) is 9.78 Å². The Hall–Kier alpha value is -2.55. The number of rotatable bonds is 2. The van der Waals surface area contributed by atoms with Crippen molar-refractivity contribution in [1.82, 2.24) is 9.78 Å². The van der Waals surface area contributed by atoms with Crippen molar-refractivity contribution in [2.24, 2.45) is 0 Å². The van der Waals surface area contributed by atoms with Gasteiger partial charge >= 0.3 is 0 Å². The molecule has 0 atom stereocenters. The van der Waals surface area contributed by atoms with Crippen LogP contribution in [-0.2, 0) is 0 Å². The lowest BCUT2D eigenvalue weighted by molar-refractivity contribution is 0.876. The molecule has 0 saturated carbocycles. The van der Waals surface area contributed by atoms with Crippen LogP contribution in [0.4, 0.5) is 5.69 Å². The minimum Gasteiger partial charge on any atom is -0.396 e. The molecular formula is C17H17N3. The Kier molecular flexibility index (Phi) is 3.03. The highest BCUT2D eigenvalue weighted by atomic mass is 15.3. The summed E-state index contributed by atoms with van der Waals surface area (Å²) in [4.78, 5) is 0. The maximum absolute atomic E-state index is 6.15. The molecule has 2 N–H and O–H groups in total. The number of hydrogen-bond acceptors (Lipinski definition) is 2. The lowest BCUT2D eigenvalue weighted by atomic mass is 10.1. The van der Waals surface area contributed by atoms with Crippen molar-refractivity contribution >= 4 is 5.69 Å². The van der Waals surface area contributed by atoms with Crippen LogP contribution in [0.5, 0.6) is 0 Å². The van der Waals surface area contributed by atoms with Crippen LogP contribution in [0.15, 0.2) is 54.7 Å². The van der Waals surface area contributed by atoms with Crippen molar-refractivity contribution in [1.29, 1.82) is 0 Å². The highest BCUT2D eigenvalue weighted by Crippen LogP contribution is 2.28. The number of anilines is 1. The van der Waals surface area contributed by atoms with Crippen molar-refractivity contribution in [2.75, 3.05) is 5.73 Å². The maximum atomic E-state index is 6.15. The summed E-state index contributed by atoms with van der Waals surface area (Å²) in [7, 11) is 0. The molecule has 0 fully saturated rings. The van der Waals surface area contributed by atoms with E-state index in [0.717, 1.165) is 16.9 Å². The molecule has 100 valence electrons. The Balaban J connectivity index is 2.13. The van der Waals surface area contributed by atoms with Crippen LogP contribution in [0, 0.1) is 13.8 Å². The normalized spacial score (nSPS) is 10.7. The number of nitrogen functional groups attached to an aromatic ring is 1. The van der Waals surface area contributed by atoms with Crippen LogP contribution >= 0.6 is 0 Å². The van der Waals surface area contributed by atoms with Crippen molar-refractivity contribution < 1.29 is 0 Å².